The molecule has 3 aromatic rings. The van der Waals surface area contributed by atoms with Crippen LogP contribution >= 0.6 is 0 Å². The standard InChI is InChI=1S/C27H33N5O/c1-4-6-11-25-24(5-2)30-27(33)32(25)23-14-16-31(17-15-23)26-18-22(28-19-29-26)13-12-21-10-8-7-9-20(21)3/h6-13,18-19,23H,4-5,14-17H2,1-3H3,(H,30,33)/b11-6-,13-12-. The molecule has 0 bridgehead atoms. The summed E-state index contributed by atoms with van der Waals surface area (Å²) in [6.07, 6.45) is 13.6. The van der Waals surface area contributed by atoms with Crippen molar-refractivity contribution in [2.24, 2.45) is 0 Å². The van der Waals surface area contributed by atoms with Crippen LogP contribution in [-0.4, -0.2) is 32.6 Å². The van der Waals surface area contributed by atoms with Crippen molar-refractivity contribution >= 4 is 24.0 Å². The average molecular weight is 444 g/mol. The number of imidazole rings is 1. The van der Waals surface area contributed by atoms with Gasteiger partial charge in [-0.05, 0) is 55.9 Å². The molecule has 4 rings (SSSR count). The van der Waals surface area contributed by atoms with Crippen LogP contribution in [-0.2, 0) is 6.42 Å². The zero-order valence-electron chi connectivity index (χ0n) is 19.8. The molecule has 0 unspecified atom stereocenters. The molecule has 0 spiro atoms. The Hall–Kier alpha value is -3.41. The van der Waals surface area contributed by atoms with Gasteiger partial charge < -0.3 is 9.88 Å². The van der Waals surface area contributed by atoms with Gasteiger partial charge in [0.15, 0.2) is 0 Å². The summed E-state index contributed by atoms with van der Waals surface area (Å²) in [6, 6.07) is 10.6. The van der Waals surface area contributed by atoms with E-state index in [1.54, 1.807) is 6.33 Å². The molecule has 1 aliphatic heterocycles. The zero-order valence-corrected chi connectivity index (χ0v) is 19.8. The van der Waals surface area contributed by atoms with Crippen molar-refractivity contribution in [2.75, 3.05) is 18.0 Å². The van der Waals surface area contributed by atoms with Gasteiger partial charge in [-0.3, -0.25) is 4.57 Å². The summed E-state index contributed by atoms with van der Waals surface area (Å²) < 4.78 is 1.97. The smallest absolute Gasteiger partial charge is 0.326 e. The van der Waals surface area contributed by atoms with Crippen molar-refractivity contribution in [1.82, 2.24) is 19.5 Å². The van der Waals surface area contributed by atoms with Gasteiger partial charge in [-0.15, -0.1) is 0 Å². The predicted molar refractivity (Wildman–Crippen MR) is 136 cm³/mol. The van der Waals surface area contributed by atoms with Gasteiger partial charge in [0.1, 0.15) is 12.1 Å². The van der Waals surface area contributed by atoms with E-state index in [0.717, 1.165) is 61.7 Å². The minimum atomic E-state index is 0.00622. The number of aromatic amines is 1. The molecule has 0 aliphatic carbocycles. The highest BCUT2D eigenvalue weighted by molar-refractivity contribution is 5.70. The largest absolute Gasteiger partial charge is 0.356 e. The number of benzene rings is 1. The molecule has 0 radical (unpaired) electrons. The lowest BCUT2D eigenvalue weighted by Gasteiger charge is -2.33. The van der Waals surface area contributed by atoms with Gasteiger partial charge in [-0.1, -0.05) is 50.3 Å². The van der Waals surface area contributed by atoms with Crippen molar-refractivity contribution in [2.45, 2.75) is 52.5 Å². The number of anilines is 1. The molecule has 6 heteroatoms. The molecule has 1 fully saturated rings. The first kappa shape index (κ1) is 22.8. The number of allylic oxidation sites excluding steroid dienone is 1. The van der Waals surface area contributed by atoms with Crippen LogP contribution in [0.15, 0.2) is 47.5 Å². The molecule has 0 atom stereocenters. The Labute approximate surface area is 195 Å². The fourth-order valence-electron chi connectivity index (χ4n) is 4.48. The summed E-state index contributed by atoms with van der Waals surface area (Å²) in [5.74, 6) is 0.939. The van der Waals surface area contributed by atoms with Crippen LogP contribution in [0, 0.1) is 6.92 Å². The molecule has 1 N–H and O–H groups in total. The molecule has 1 aliphatic rings. The van der Waals surface area contributed by atoms with Crippen LogP contribution in [0.5, 0.6) is 0 Å². The SMILES string of the molecule is CC/C=C\c1c(CC)[nH]c(=O)n1C1CCN(c2cc(/C=C\c3ccccc3C)ncn2)CC1. The fourth-order valence-corrected chi connectivity index (χ4v) is 4.48. The third kappa shape index (κ3) is 5.16. The van der Waals surface area contributed by atoms with Gasteiger partial charge in [0.25, 0.3) is 0 Å². The van der Waals surface area contributed by atoms with Crippen LogP contribution < -0.4 is 10.6 Å². The van der Waals surface area contributed by atoms with Crippen molar-refractivity contribution in [3.05, 3.63) is 81.4 Å². The van der Waals surface area contributed by atoms with Crippen molar-refractivity contribution in [1.29, 1.82) is 0 Å². The highest BCUT2D eigenvalue weighted by Gasteiger charge is 2.25. The fraction of sp³-hybridized carbons (Fsp3) is 0.370. The number of H-pyrrole nitrogens is 1. The summed E-state index contributed by atoms with van der Waals surface area (Å²) in [7, 11) is 0. The molecule has 6 nitrogen and oxygen atoms in total. The topological polar surface area (TPSA) is 66.8 Å². The normalized spacial score (nSPS) is 15.2. The van der Waals surface area contributed by atoms with Crippen LogP contribution in [0.2, 0.25) is 0 Å². The Morgan fingerprint density at radius 2 is 1.88 bits per heavy atom. The van der Waals surface area contributed by atoms with Gasteiger partial charge in [-0.25, -0.2) is 14.8 Å². The molecular formula is C27H33N5O. The van der Waals surface area contributed by atoms with E-state index in [9.17, 15) is 4.79 Å². The Morgan fingerprint density at radius 1 is 1.09 bits per heavy atom. The van der Waals surface area contributed by atoms with Gasteiger partial charge in [0.05, 0.1) is 11.4 Å². The first-order chi connectivity index (χ1) is 16.1. The molecule has 1 aromatic carbocycles. The number of nitrogens with zero attached hydrogens (tertiary/aromatic N) is 4. The summed E-state index contributed by atoms with van der Waals surface area (Å²) in [6.45, 7) is 8.03. The number of aryl methyl sites for hydroxylation is 2. The molecule has 33 heavy (non-hydrogen) atoms. The summed E-state index contributed by atoms with van der Waals surface area (Å²) in [5.41, 5.74) is 5.39. The van der Waals surface area contributed by atoms with Gasteiger partial charge in [0, 0.05) is 30.9 Å². The van der Waals surface area contributed by atoms with Crippen molar-refractivity contribution in [3.63, 3.8) is 0 Å². The van der Waals surface area contributed by atoms with E-state index in [4.69, 9.17) is 0 Å². The van der Waals surface area contributed by atoms with Crippen LogP contribution in [0.4, 0.5) is 5.82 Å². The van der Waals surface area contributed by atoms with Crippen molar-refractivity contribution in [3.8, 4) is 0 Å². The van der Waals surface area contributed by atoms with Crippen LogP contribution in [0.1, 0.15) is 67.4 Å². The lowest BCUT2D eigenvalue weighted by molar-refractivity contribution is 0.385. The summed E-state index contributed by atoms with van der Waals surface area (Å²) in [4.78, 5) is 27.0. The third-order valence-electron chi connectivity index (χ3n) is 6.36. The van der Waals surface area contributed by atoms with E-state index in [-0.39, 0.29) is 11.7 Å². The second kappa shape index (κ2) is 10.5. The molecule has 2 aromatic heterocycles. The van der Waals surface area contributed by atoms with E-state index in [1.165, 1.54) is 11.1 Å². The molecule has 1 saturated heterocycles. The average Bonchev–Trinajstić information content (AvgIpc) is 3.17. The number of aromatic nitrogens is 4. The highest BCUT2D eigenvalue weighted by atomic mass is 16.1. The second-order valence-corrected chi connectivity index (χ2v) is 8.54. The number of rotatable bonds is 7. The van der Waals surface area contributed by atoms with E-state index in [1.807, 2.05) is 28.8 Å². The summed E-state index contributed by atoms with van der Waals surface area (Å²) in [5, 5.41) is 0. The number of piperidine rings is 1. The molecule has 172 valence electrons. The lowest BCUT2D eigenvalue weighted by atomic mass is 10.0. The number of nitrogens with one attached hydrogen (secondary N) is 1. The maximum atomic E-state index is 12.7. The molecule has 0 saturated carbocycles. The van der Waals surface area contributed by atoms with Crippen LogP contribution in [0.3, 0.4) is 0 Å². The van der Waals surface area contributed by atoms with Crippen LogP contribution in [0.25, 0.3) is 18.2 Å². The second-order valence-electron chi connectivity index (χ2n) is 8.54. The van der Waals surface area contributed by atoms with E-state index in [2.05, 4.69) is 71.0 Å². The first-order valence-corrected chi connectivity index (χ1v) is 11.9. The monoisotopic (exact) mass is 443 g/mol. The molecular weight excluding hydrogens is 410 g/mol. The van der Waals surface area contributed by atoms with Gasteiger partial charge in [0.2, 0.25) is 0 Å². The number of hydrogen-bond donors (Lipinski definition) is 1. The molecule has 3 heterocycles. The Kier molecular flexibility index (Phi) is 7.23. The van der Waals surface area contributed by atoms with E-state index < -0.39 is 0 Å². The Balaban J connectivity index is 1.48. The minimum absolute atomic E-state index is 0.00622. The Bertz CT molecular complexity index is 1200. The summed E-state index contributed by atoms with van der Waals surface area (Å²) >= 11 is 0. The third-order valence-corrected chi connectivity index (χ3v) is 6.36. The first-order valence-electron chi connectivity index (χ1n) is 11.9. The van der Waals surface area contributed by atoms with Crippen molar-refractivity contribution < 1.29 is 0 Å². The van der Waals surface area contributed by atoms with E-state index in [0.29, 0.717) is 0 Å². The van der Waals surface area contributed by atoms with E-state index >= 15 is 0 Å². The maximum absolute atomic E-state index is 12.7. The predicted octanol–water partition coefficient (Wildman–Crippen LogP) is 5.27. The zero-order chi connectivity index (χ0) is 23.2. The molecule has 0 amide bonds. The number of hydrogen-bond acceptors (Lipinski definition) is 4. The maximum Gasteiger partial charge on any atom is 0.326 e. The minimum Gasteiger partial charge on any atom is -0.356 e. The quantitative estimate of drug-likeness (QED) is 0.540. The lowest BCUT2D eigenvalue weighted by Crippen LogP contribution is -2.37. The van der Waals surface area contributed by atoms with Gasteiger partial charge in [-0.2, -0.15) is 0 Å². The Morgan fingerprint density at radius 3 is 2.61 bits per heavy atom. The van der Waals surface area contributed by atoms with Gasteiger partial charge >= 0.3 is 5.69 Å². The highest BCUT2D eigenvalue weighted by Crippen LogP contribution is 2.27.